The Morgan fingerprint density at radius 2 is 1.88 bits per heavy atom. The Hall–Kier alpha value is -2.18. The second-order valence-electron chi connectivity index (χ2n) is 5.47. The van der Waals surface area contributed by atoms with E-state index in [-0.39, 0.29) is 5.91 Å². The highest BCUT2D eigenvalue weighted by Crippen LogP contribution is 2.11. The summed E-state index contributed by atoms with van der Waals surface area (Å²) in [4.78, 5) is 18.1. The van der Waals surface area contributed by atoms with Crippen molar-refractivity contribution in [1.29, 1.82) is 0 Å². The van der Waals surface area contributed by atoms with Gasteiger partial charge in [0.15, 0.2) is 17.6 Å². The molecule has 0 heterocycles. The van der Waals surface area contributed by atoms with Crippen molar-refractivity contribution in [3.8, 4) is 0 Å². The van der Waals surface area contributed by atoms with E-state index in [1.54, 1.807) is 11.0 Å². The third kappa shape index (κ3) is 7.07. The largest absolute Gasteiger partial charge is 0.357 e. The first kappa shape index (κ1) is 20.9. The number of hydrogen-bond acceptors (Lipinski definition) is 2. The average molecular weight is 354 g/mol. The van der Waals surface area contributed by atoms with Crippen LogP contribution >= 0.6 is 0 Å². The minimum Gasteiger partial charge on any atom is -0.357 e. The Labute approximate surface area is 148 Å². The third-order valence-corrected chi connectivity index (χ3v) is 3.77. The minimum atomic E-state index is -0.840. The molecular formula is C18H28F2N4O. The number of benzene rings is 1. The van der Waals surface area contributed by atoms with Crippen LogP contribution in [0.3, 0.4) is 0 Å². The summed E-state index contributed by atoms with van der Waals surface area (Å²) in [5.74, 6) is -1.01. The Morgan fingerprint density at radius 3 is 2.52 bits per heavy atom. The van der Waals surface area contributed by atoms with Gasteiger partial charge in [-0.15, -0.1) is 0 Å². The smallest absolute Gasteiger partial charge is 0.224 e. The Kier molecular flexibility index (Phi) is 9.50. The van der Waals surface area contributed by atoms with Crippen LogP contribution in [0.5, 0.6) is 0 Å². The highest BCUT2D eigenvalue weighted by atomic mass is 19.2. The van der Waals surface area contributed by atoms with E-state index in [2.05, 4.69) is 15.6 Å². The van der Waals surface area contributed by atoms with Gasteiger partial charge < -0.3 is 15.5 Å². The minimum absolute atomic E-state index is 0.0754. The van der Waals surface area contributed by atoms with Crippen LogP contribution < -0.4 is 10.6 Å². The molecule has 1 aromatic rings. The van der Waals surface area contributed by atoms with Crippen molar-refractivity contribution in [3.05, 3.63) is 35.4 Å². The zero-order valence-electron chi connectivity index (χ0n) is 15.2. The van der Waals surface area contributed by atoms with Crippen molar-refractivity contribution < 1.29 is 13.6 Å². The first-order valence-corrected chi connectivity index (χ1v) is 8.76. The number of carbonyl (C=O) groups is 1. The molecular weight excluding hydrogens is 326 g/mol. The molecule has 2 N–H and O–H groups in total. The maximum absolute atomic E-state index is 13.6. The number of amides is 1. The Bertz CT molecular complexity index is 574. The standard InChI is InChI=1S/C18H28F2N4O/c1-4-21-18(23-13-11-16(25)24(5-2)6-3)22-12-10-14-8-7-9-15(19)17(14)20/h7-9H,4-6,10-13H2,1-3H3,(H2,21,22,23). The summed E-state index contributed by atoms with van der Waals surface area (Å²) in [7, 11) is 0. The molecule has 0 atom stereocenters. The number of halogens is 2. The Balaban J connectivity index is 2.50. The van der Waals surface area contributed by atoms with Crippen LogP contribution in [0.2, 0.25) is 0 Å². The molecule has 0 saturated heterocycles. The monoisotopic (exact) mass is 354 g/mol. The lowest BCUT2D eigenvalue weighted by molar-refractivity contribution is -0.130. The molecule has 0 bridgehead atoms. The molecule has 0 fully saturated rings. The molecule has 1 amide bonds. The molecule has 1 aromatic carbocycles. The van der Waals surface area contributed by atoms with E-state index in [4.69, 9.17) is 0 Å². The van der Waals surface area contributed by atoms with Gasteiger partial charge in [0.05, 0.1) is 6.54 Å². The Morgan fingerprint density at radius 1 is 1.16 bits per heavy atom. The third-order valence-electron chi connectivity index (χ3n) is 3.77. The number of nitrogens with zero attached hydrogens (tertiary/aromatic N) is 2. The quantitative estimate of drug-likeness (QED) is 0.529. The van der Waals surface area contributed by atoms with Crippen LogP contribution in [0.25, 0.3) is 0 Å². The number of rotatable bonds is 9. The first-order valence-electron chi connectivity index (χ1n) is 8.76. The first-order chi connectivity index (χ1) is 12.0. The van der Waals surface area contributed by atoms with Gasteiger partial charge in [0, 0.05) is 32.6 Å². The molecule has 0 aromatic heterocycles. The van der Waals surface area contributed by atoms with Crippen LogP contribution in [-0.4, -0.2) is 49.5 Å². The van der Waals surface area contributed by atoms with Gasteiger partial charge in [0.2, 0.25) is 5.91 Å². The van der Waals surface area contributed by atoms with Crippen molar-refractivity contribution in [3.63, 3.8) is 0 Å². The van der Waals surface area contributed by atoms with Crippen molar-refractivity contribution in [1.82, 2.24) is 15.5 Å². The van der Waals surface area contributed by atoms with E-state index < -0.39 is 11.6 Å². The molecule has 0 radical (unpaired) electrons. The van der Waals surface area contributed by atoms with Crippen LogP contribution in [0.4, 0.5) is 8.78 Å². The normalized spacial score (nSPS) is 11.3. The van der Waals surface area contributed by atoms with Crippen LogP contribution in [0, 0.1) is 11.6 Å². The fourth-order valence-electron chi connectivity index (χ4n) is 2.40. The van der Waals surface area contributed by atoms with Gasteiger partial charge in [-0.1, -0.05) is 12.1 Å². The number of nitrogens with one attached hydrogen (secondary N) is 2. The number of hydrogen-bond donors (Lipinski definition) is 2. The maximum Gasteiger partial charge on any atom is 0.224 e. The van der Waals surface area contributed by atoms with Gasteiger partial charge in [-0.25, -0.2) is 8.78 Å². The summed E-state index contributed by atoms with van der Waals surface area (Å²) in [6.45, 7) is 8.67. The lowest BCUT2D eigenvalue weighted by atomic mass is 10.1. The molecule has 5 nitrogen and oxygen atoms in total. The highest BCUT2D eigenvalue weighted by molar-refractivity contribution is 5.80. The summed E-state index contributed by atoms with van der Waals surface area (Å²) in [5.41, 5.74) is 0.319. The van der Waals surface area contributed by atoms with Gasteiger partial charge in [-0.05, 0) is 38.8 Å². The maximum atomic E-state index is 13.6. The van der Waals surface area contributed by atoms with Crippen molar-refractivity contribution in [2.24, 2.45) is 4.99 Å². The van der Waals surface area contributed by atoms with E-state index in [0.717, 1.165) is 6.07 Å². The van der Waals surface area contributed by atoms with Crippen molar-refractivity contribution in [2.45, 2.75) is 33.6 Å². The fraction of sp³-hybridized carbons (Fsp3) is 0.556. The van der Waals surface area contributed by atoms with Crippen molar-refractivity contribution >= 4 is 11.9 Å². The second kappa shape index (κ2) is 11.4. The fourth-order valence-corrected chi connectivity index (χ4v) is 2.40. The highest BCUT2D eigenvalue weighted by Gasteiger charge is 2.09. The second-order valence-corrected chi connectivity index (χ2v) is 5.47. The zero-order valence-corrected chi connectivity index (χ0v) is 15.2. The molecule has 0 saturated carbocycles. The predicted octanol–water partition coefficient (Wildman–Crippen LogP) is 2.32. The van der Waals surface area contributed by atoms with Gasteiger partial charge in [0.25, 0.3) is 0 Å². The average Bonchev–Trinajstić information content (AvgIpc) is 2.59. The van der Waals surface area contributed by atoms with E-state index in [9.17, 15) is 13.6 Å². The molecule has 1 rings (SSSR count). The summed E-state index contributed by atoms with van der Waals surface area (Å²) >= 11 is 0. The van der Waals surface area contributed by atoms with Gasteiger partial charge in [-0.3, -0.25) is 9.79 Å². The molecule has 0 aliphatic rings. The van der Waals surface area contributed by atoms with E-state index >= 15 is 0 Å². The van der Waals surface area contributed by atoms with Gasteiger partial charge >= 0.3 is 0 Å². The number of aliphatic imine (C=N–C) groups is 1. The predicted molar refractivity (Wildman–Crippen MR) is 96.6 cm³/mol. The van der Waals surface area contributed by atoms with E-state index in [1.165, 1.54) is 6.07 Å². The molecule has 7 heteroatoms. The molecule has 0 aliphatic heterocycles. The van der Waals surface area contributed by atoms with Crippen LogP contribution in [0.1, 0.15) is 32.8 Å². The lowest BCUT2D eigenvalue weighted by Crippen LogP contribution is -2.38. The molecule has 140 valence electrons. The summed E-state index contributed by atoms with van der Waals surface area (Å²) in [6, 6.07) is 4.16. The SMILES string of the molecule is CCNC(=NCCC(=O)N(CC)CC)NCCc1cccc(F)c1F. The summed E-state index contributed by atoms with van der Waals surface area (Å²) < 4.78 is 26.8. The molecule has 0 aliphatic carbocycles. The van der Waals surface area contributed by atoms with E-state index in [1.807, 2.05) is 20.8 Å². The van der Waals surface area contributed by atoms with Gasteiger partial charge in [0.1, 0.15) is 0 Å². The number of carbonyl (C=O) groups excluding carboxylic acids is 1. The lowest BCUT2D eigenvalue weighted by Gasteiger charge is -2.18. The van der Waals surface area contributed by atoms with Crippen LogP contribution in [0.15, 0.2) is 23.2 Å². The summed E-state index contributed by atoms with van der Waals surface area (Å²) in [6.07, 6.45) is 0.684. The van der Waals surface area contributed by atoms with Crippen molar-refractivity contribution in [2.75, 3.05) is 32.7 Å². The van der Waals surface area contributed by atoms with Crippen LogP contribution in [-0.2, 0) is 11.2 Å². The van der Waals surface area contributed by atoms with E-state index in [0.29, 0.717) is 57.1 Å². The molecule has 0 spiro atoms. The molecule has 25 heavy (non-hydrogen) atoms. The zero-order chi connectivity index (χ0) is 18.7. The summed E-state index contributed by atoms with van der Waals surface area (Å²) in [5, 5.41) is 6.14. The number of guanidine groups is 1. The topological polar surface area (TPSA) is 56.7 Å². The molecule has 0 unspecified atom stereocenters. The van der Waals surface area contributed by atoms with Gasteiger partial charge in [-0.2, -0.15) is 0 Å².